The van der Waals surface area contributed by atoms with Crippen molar-refractivity contribution in [2.75, 3.05) is 23.8 Å². The molecular formula is C19H22N8O5S4. The van der Waals surface area contributed by atoms with Gasteiger partial charge >= 0.3 is 5.97 Å². The topological polar surface area (TPSA) is 210 Å². The predicted molar refractivity (Wildman–Crippen MR) is 137 cm³/mol. The van der Waals surface area contributed by atoms with Crippen molar-refractivity contribution in [2.24, 2.45) is 5.73 Å². The van der Waals surface area contributed by atoms with Crippen molar-refractivity contribution >= 4 is 69.7 Å². The smallest absolute Gasteiger partial charge is 0.353 e. The van der Waals surface area contributed by atoms with Gasteiger partial charge in [0, 0.05) is 57.5 Å². The van der Waals surface area contributed by atoms with E-state index in [9.17, 15) is 24.7 Å². The monoisotopic (exact) mass is 570 g/mol. The number of nitrogens with zero attached hydrogens (tertiary/aromatic N) is 4. The van der Waals surface area contributed by atoms with Gasteiger partial charge in [-0.1, -0.05) is 11.8 Å². The molecule has 2 aliphatic heterocycles. The molecule has 0 bridgehead atoms. The number of aliphatic carboxylic acids is 1. The van der Waals surface area contributed by atoms with Crippen LogP contribution in [-0.2, 0) is 20.1 Å². The molecule has 4 heterocycles. The Labute approximate surface area is 222 Å². The second-order valence-electron chi connectivity index (χ2n) is 7.45. The van der Waals surface area contributed by atoms with Crippen LogP contribution in [-0.4, -0.2) is 76.8 Å². The van der Waals surface area contributed by atoms with Gasteiger partial charge in [-0.2, -0.15) is 21.6 Å². The number of thioether (sulfide) groups is 3. The van der Waals surface area contributed by atoms with Crippen molar-refractivity contribution in [3.8, 4) is 0 Å². The lowest BCUT2D eigenvalue weighted by Crippen LogP contribution is -2.71. The minimum atomic E-state index is -1.34. The molecule has 1 unspecified atom stereocenters. The second kappa shape index (κ2) is 11.8. The van der Waals surface area contributed by atoms with E-state index in [-0.39, 0.29) is 16.7 Å². The van der Waals surface area contributed by atoms with Crippen LogP contribution < -0.4 is 22.3 Å². The fourth-order valence-corrected chi connectivity index (χ4v) is 7.43. The number of pyridine rings is 1. The fourth-order valence-electron chi connectivity index (χ4n) is 3.52. The molecule has 0 radical (unpaired) electrons. The van der Waals surface area contributed by atoms with Gasteiger partial charge < -0.3 is 27.1 Å². The maximum atomic E-state index is 13.0. The first kappa shape index (κ1) is 26.6. The molecule has 0 saturated carbocycles. The van der Waals surface area contributed by atoms with E-state index in [0.29, 0.717) is 23.0 Å². The van der Waals surface area contributed by atoms with E-state index in [1.807, 2.05) is 11.5 Å². The van der Waals surface area contributed by atoms with Crippen LogP contribution in [0.2, 0.25) is 0 Å². The highest BCUT2D eigenvalue weighted by Crippen LogP contribution is 2.45. The molecule has 1 saturated heterocycles. The number of nitrogens with one attached hydrogen (secondary N) is 2. The van der Waals surface area contributed by atoms with Gasteiger partial charge in [0.25, 0.3) is 5.91 Å². The summed E-state index contributed by atoms with van der Waals surface area (Å²) in [6.07, 6.45) is 3.35. The number of carboxylic acid groups (broad SMARTS) is 1. The summed E-state index contributed by atoms with van der Waals surface area (Å²) in [6.45, 7) is 0.558. The average Bonchev–Trinajstić information content (AvgIpc) is 3.29. The van der Waals surface area contributed by atoms with E-state index in [4.69, 9.17) is 11.5 Å². The summed E-state index contributed by atoms with van der Waals surface area (Å²) in [7, 11) is 0. The number of β-lactam (4-membered cyclic amide) rings is 1. The number of aromatic nitrogens is 3. The Morgan fingerprint density at radius 1 is 1.39 bits per heavy atom. The number of fused-ring (bicyclic) bond motifs is 1. The molecule has 2 aromatic heterocycles. The number of carbonyl (C=O) groups is 3. The zero-order valence-electron chi connectivity index (χ0n) is 18.5. The summed E-state index contributed by atoms with van der Waals surface area (Å²) in [5.41, 5.74) is 13.8. The van der Waals surface area contributed by atoms with Gasteiger partial charge in [-0.15, -0.1) is 11.8 Å². The van der Waals surface area contributed by atoms with Crippen LogP contribution in [0.25, 0.3) is 0 Å². The van der Waals surface area contributed by atoms with Crippen LogP contribution in [0.3, 0.4) is 0 Å². The van der Waals surface area contributed by atoms with Crippen LogP contribution in [0.5, 0.6) is 0 Å². The predicted octanol–water partition coefficient (Wildman–Crippen LogP) is 0.216. The number of carboxylic acids is 1. The minimum Gasteiger partial charge on any atom is -0.477 e. The van der Waals surface area contributed by atoms with E-state index in [0.717, 1.165) is 27.7 Å². The Balaban J connectivity index is 1.50. The number of anilines is 1. The fraction of sp³-hybridized carbons (Fsp3) is 0.368. The molecule has 36 heavy (non-hydrogen) atoms. The highest BCUT2D eigenvalue weighted by Gasteiger charge is 2.54. The number of amides is 2. The number of hydrogen-bond donors (Lipinski definition) is 6. The molecular weight excluding hydrogens is 549 g/mol. The molecule has 3 atom stereocenters. The number of hydrogen-bond acceptors (Lipinski definition) is 14. The number of nitrogens with two attached hydrogens (primary N) is 2. The van der Waals surface area contributed by atoms with Gasteiger partial charge in [0.2, 0.25) is 5.91 Å². The third kappa shape index (κ3) is 5.46. The van der Waals surface area contributed by atoms with E-state index < -0.39 is 35.2 Å². The van der Waals surface area contributed by atoms with Crippen LogP contribution in [0.4, 0.5) is 5.13 Å². The van der Waals surface area contributed by atoms with E-state index in [1.165, 1.54) is 28.4 Å². The Morgan fingerprint density at radius 2 is 2.19 bits per heavy atom. The standard InChI is InChI=1S/C19H22N8O5S4/c20-2-4-33-6-8-1-3-22-5-9(8)35-10-7-34-17-12(16(29)27(17)13(10)18(30)31)23-15(28)11(25-32)14-24-19(21)36-26-14/h1,3,5,11-12,17,25,32H,2,4,6-7,20H2,(H,23,28)(H,30,31)(H2,21,24,26)/t11?,12-,17+/m1/s1. The molecule has 192 valence electrons. The van der Waals surface area contributed by atoms with Gasteiger partial charge in [-0.25, -0.2) is 9.78 Å². The van der Waals surface area contributed by atoms with Crippen LogP contribution in [0.15, 0.2) is 34.0 Å². The molecule has 0 aromatic carbocycles. The summed E-state index contributed by atoms with van der Waals surface area (Å²) in [6, 6.07) is -0.435. The van der Waals surface area contributed by atoms with E-state index >= 15 is 0 Å². The van der Waals surface area contributed by atoms with E-state index in [1.54, 1.807) is 24.2 Å². The quantitative estimate of drug-likeness (QED) is 0.121. The summed E-state index contributed by atoms with van der Waals surface area (Å²) in [5.74, 6) is -0.776. The largest absolute Gasteiger partial charge is 0.477 e. The van der Waals surface area contributed by atoms with Crippen LogP contribution in [0, 0.1) is 0 Å². The number of rotatable bonds is 11. The highest BCUT2D eigenvalue weighted by atomic mass is 32.2. The van der Waals surface area contributed by atoms with Gasteiger partial charge in [0.1, 0.15) is 17.1 Å². The Hall–Kier alpha value is -2.41. The number of nitrogen functional groups attached to an aromatic ring is 1. The normalized spacial score (nSPS) is 20.1. The SMILES string of the molecule is NCCSCc1ccncc1SC1=C(C(=O)O)N2C(=O)[C@@H](NC(=O)C(NO)c3nsc(N)n3)[C@@H]2SC1. The molecule has 1 fully saturated rings. The molecule has 2 aromatic rings. The first-order valence-corrected chi connectivity index (χ1v) is 14.2. The Morgan fingerprint density at radius 3 is 2.86 bits per heavy atom. The maximum absolute atomic E-state index is 13.0. The second-order valence-corrected chi connectivity index (χ2v) is 11.6. The molecule has 2 amide bonds. The van der Waals surface area contributed by atoms with Crippen molar-refractivity contribution < 1.29 is 24.7 Å². The third-order valence-electron chi connectivity index (χ3n) is 5.16. The molecule has 13 nitrogen and oxygen atoms in total. The van der Waals surface area contributed by atoms with Crippen molar-refractivity contribution in [1.82, 2.24) is 30.0 Å². The molecule has 0 spiro atoms. The van der Waals surface area contributed by atoms with Crippen LogP contribution >= 0.6 is 46.8 Å². The molecule has 4 rings (SSSR count). The zero-order valence-corrected chi connectivity index (χ0v) is 21.8. The average molecular weight is 571 g/mol. The van der Waals surface area contributed by atoms with Gasteiger partial charge in [0.05, 0.1) is 0 Å². The molecule has 8 N–H and O–H groups in total. The van der Waals surface area contributed by atoms with Crippen molar-refractivity contribution in [2.45, 2.75) is 28.1 Å². The lowest BCUT2D eigenvalue weighted by atomic mass is 10.0. The first-order chi connectivity index (χ1) is 17.3. The summed E-state index contributed by atoms with van der Waals surface area (Å²) in [5, 5.41) is 21.4. The lowest BCUT2D eigenvalue weighted by molar-refractivity contribution is -0.151. The van der Waals surface area contributed by atoms with Crippen molar-refractivity contribution in [3.05, 3.63) is 40.5 Å². The zero-order chi connectivity index (χ0) is 25.8. The highest BCUT2D eigenvalue weighted by molar-refractivity contribution is 8.06. The number of hydroxylamine groups is 1. The molecule has 2 aliphatic rings. The number of carbonyl (C=O) groups excluding carboxylic acids is 2. The van der Waals surface area contributed by atoms with Gasteiger partial charge in [0.15, 0.2) is 17.0 Å². The van der Waals surface area contributed by atoms with E-state index in [2.05, 4.69) is 19.7 Å². The summed E-state index contributed by atoms with van der Waals surface area (Å²) in [4.78, 5) is 48.4. The molecule has 17 heteroatoms. The maximum Gasteiger partial charge on any atom is 0.353 e. The minimum absolute atomic E-state index is 0.0425. The summed E-state index contributed by atoms with van der Waals surface area (Å²) < 4.78 is 3.90. The summed E-state index contributed by atoms with van der Waals surface area (Å²) >= 11 is 5.13. The Kier molecular flexibility index (Phi) is 8.70. The van der Waals surface area contributed by atoms with Gasteiger partial charge in [-0.3, -0.25) is 19.5 Å². The van der Waals surface area contributed by atoms with Gasteiger partial charge in [-0.05, 0) is 11.6 Å². The Bertz CT molecular complexity index is 1190. The lowest BCUT2D eigenvalue weighted by Gasteiger charge is -2.49. The van der Waals surface area contributed by atoms with Crippen LogP contribution in [0.1, 0.15) is 17.4 Å². The third-order valence-corrected chi connectivity index (χ3v) is 9.39. The van der Waals surface area contributed by atoms with Crippen molar-refractivity contribution in [3.63, 3.8) is 0 Å². The van der Waals surface area contributed by atoms with Crippen molar-refractivity contribution in [1.29, 1.82) is 0 Å². The molecule has 0 aliphatic carbocycles. The first-order valence-electron chi connectivity index (χ1n) is 10.4.